The average Bonchev–Trinajstić information content (AvgIpc) is 2.41. The summed E-state index contributed by atoms with van der Waals surface area (Å²) in [6, 6.07) is 9.39. The van der Waals surface area contributed by atoms with Crippen LogP contribution in [0.15, 0.2) is 45.5 Å². The first-order chi connectivity index (χ1) is 7.07. The summed E-state index contributed by atoms with van der Waals surface area (Å²) in [6.45, 7) is 0. The lowest BCUT2D eigenvalue weighted by atomic mass is 10.4. The molecule has 0 saturated heterocycles. The highest BCUT2D eigenvalue weighted by Gasteiger charge is 2.28. The van der Waals surface area contributed by atoms with E-state index in [9.17, 15) is 13.5 Å². The molecule has 0 aliphatic carbocycles. The lowest BCUT2D eigenvalue weighted by molar-refractivity contribution is 0.246. The van der Waals surface area contributed by atoms with Crippen molar-refractivity contribution in [3.05, 3.63) is 40.6 Å². The third-order valence-corrected chi connectivity index (χ3v) is 4.67. The van der Waals surface area contributed by atoms with Gasteiger partial charge in [-0.15, -0.1) is 0 Å². The number of sulfone groups is 1. The highest BCUT2D eigenvalue weighted by Crippen LogP contribution is 2.33. The van der Waals surface area contributed by atoms with E-state index in [0.29, 0.717) is 4.91 Å². The van der Waals surface area contributed by atoms with E-state index >= 15 is 0 Å². The molecule has 0 aromatic heterocycles. The predicted octanol–water partition coefficient (Wildman–Crippen LogP) is 1.41. The summed E-state index contributed by atoms with van der Waals surface area (Å²) in [7, 11) is -3.20. The number of rotatable bonds is 2. The van der Waals surface area contributed by atoms with Gasteiger partial charge in [-0.25, -0.2) is 8.42 Å². The van der Waals surface area contributed by atoms with Crippen molar-refractivity contribution in [3.8, 4) is 0 Å². The van der Waals surface area contributed by atoms with Crippen molar-refractivity contribution in [3.63, 3.8) is 0 Å². The summed E-state index contributed by atoms with van der Waals surface area (Å²) >= 11 is 1.29. The Balaban J connectivity index is 2.21. The molecule has 0 fully saturated rings. The Hall–Kier alpha value is -0.780. The van der Waals surface area contributed by atoms with Gasteiger partial charge in [-0.1, -0.05) is 30.0 Å². The maximum absolute atomic E-state index is 11.2. The van der Waals surface area contributed by atoms with Crippen LogP contribution in [0.25, 0.3) is 0 Å². The molecule has 1 aromatic rings. The van der Waals surface area contributed by atoms with Crippen molar-refractivity contribution < 1.29 is 13.5 Å². The van der Waals surface area contributed by atoms with Crippen molar-refractivity contribution in [1.82, 2.24) is 0 Å². The number of thioether (sulfide) groups is 1. The molecule has 0 saturated carbocycles. The quantitative estimate of drug-likeness (QED) is 0.852. The molecule has 1 heterocycles. The molecule has 80 valence electrons. The van der Waals surface area contributed by atoms with E-state index in [1.165, 1.54) is 11.8 Å². The van der Waals surface area contributed by atoms with Gasteiger partial charge in [0.25, 0.3) is 0 Å². The molecule has 1 atom stereocenters. The topological polar surface area (TPSA) is 54.4 Å². The van der Waals surface area contributed by atoms with E-state index in [0.717, 1.165) is 10.3 Å². The summed E-state index contributed by atoms with van der Waals surface area (Å²) in [5, 5.41) is 10.7. The van der Waals surface area contributed by atoms with E-state index < -0.39 is 15.9 Å². The predicted molar refractivity (Wildman–Crippen MR) is 60.2 cm³/mol. The van der Waals surface area contributed by atoms with Crippen molar-refractivity contribution in [2.75, 3.05) is 5.75 Å². The molecule has 1 aliphatic heterocycles. The van der Waals surface area contributed by atoms with Crippen LogP contribution >= 0.6 is 11.8 Å². The smallest absolute Gasteiger partial charge is 0.175 e. The van der Waals surface area contributed by atoms with Gasteiger partial charge in [0, 0.05) is 15.2 Å². The van der Waals surface area contributed by atoms with E-state index in [1.54, 1.807) is 0 Å². The Bertz CT molecular complexity index is 477. The van der Waals surface area contributed by atoms with Crippen LogP contribution in [0.3, 0.4) is 0 Å². The van der Waals surface area contributed by atoms with Crippen LogP contribution in [0.1, 0.15) is 0 Å². The summed E-state index contributed by atoms with van der Waals surface area (Å²) in [6.07, 6.45) is -0.875. The van der Waals surface area contributed by atoms with Crippen LogP contribution in [0.5, 0.6) is 0 Å². The first-order valence-corrected chi connectivity index (χ1v) is 6.95. The summed E-state index contributed by atoms with van der Waals surface area (Å²) in [5.74, 6) is -0.192. The first kappa shape index (κ1) is 10.7. The second kappa shape index (κ2) is 4.00. The van der Waals surface area contributed by atoms with Gasteiger partial charge in [0.05, 0.1) is 5.75 Å². The average molecular weight is 242 g/mol. The summed E-state index contributed by atoms with van der Waals surface area (Å²) in [4.78, 5) is 1.43. The fraction of sp³-hybridized carbons (Fsp3) is 0.200. The van der Waals surface area contributed by atoms with Gasteiger partial charge in [-0.2, -0.15) is 0 Å². The van der Waals surface area contributed by atoms with Crippen LogP contribution in [0.2, 0.25) is 0 Å². The minimum Gasteiger partial charge on any atom is -0.387 e. The summed E-state index contributed by atoms with van der Waals surface area (Å²) in [5.41, 5.74) is 0. The molecular formula is C10H10O3S2. The lowest BCUT2D eigenvalue weighted by Gasteiger charge is -2.05. The van der Waals surface area contributed by atoms with Crippen molar-refractivity contribution in [2.45, 2.75) is 11.0 Å². The van der Waals surface area contributed by atoms with Gasteiger partial charge in [0.2, 0.25) is 0 Å². The molecule has 0 unspecified atom stereocenters. The van der Waals surface area contributed by atoms with Crippen LogP contribution in [-0.4, -0.2) is 25.4 Å². The summed E-state index contributed by atoms with van der Waals surface area (Å²) < 4.78 is 22.4. The number of aliphatic hydroxyl groups excluding tert-OH is 1. The first-order valence-electron chi connectivity index (χ1n) is 4.42. The Morgan fingerprint density at radius 1 is 1.27 bits per heavy atom. The van der Waals surface area contributed by atoms with Gasteiger partial charge in [-0.3, -0.25) is 0 Å². The largest absolute Gasteiger partial charge is 0.387 e. The zero-order valence-corrected chi connectivity index (χ0v) is 9.46. The monoisotopic (exact) mass is 242 g/mol. The van der Waals surface area contributed by atoms with Crippen LogP contribution in [-0.2, 0) is 9.84 Å². The number of aliphatic hydroxyl groups is 1. The third-order valence-electron chi connectivity index (χ3n) is 1.99. The Morgan fingerprint density at radius 3 is 2.47 bits per heavy atom. The number of hydrogen-bond donors (Lipinski definition) is 1. The van der Waals surface area contributed by atoms with Crippen molar-refractivity contribution in [1.29, 1.82) is 0 Å². The third kappa shape index (κ3) is 2.62. The highest BCUT2D eigenvalue weighted by molar-refractivity contribution is 8.05. The maximum atomic E-state index is 11.2. The fourth-order valence-corrected chi connectivity index (χ4v) is 4.07. The SMILES string of the molecule is O=S1(=O)C=C(Sc2ccccc2)[C@H](O)C1. The van der Waals surface area contributed by atoms with Gasteiger partial charge < -0.3 is 5.11 Å². The number of benzene rings is 1. The van der Waals surface area contributed by atoms with E-state index in [1.807, 2.05) is 30.3 Å². The van der Waals surface area contributed by atoms with E-state index in [2.05, 4.69) is 0 Å². The molecule has 1 aliphatic rings. The Labute approximate surface area is 92.7 Å². The van der Waals surface area contributed by atoms with Gasteiger partial charge >= 0.3 is 0 Å². The normalized spacial score (nSPS) is 23.8. The molecule has 0 amide bonds. The molecule has 3 nitrogen and oxygen atoms in total. The van der Waals surface area contributed by atoms with Crippen LogP contribution in [0.4, 0.5) is 0 Å². The molecular weight excluding hydrogens is 232 g/mol. The molecule has 0 radical (unpaired) electrons. The second-order valence-electron chi connectivity index (χ2n) is 3.28. The second-order valence-corrected chi connectivity index (χ2v) is 6.32. The van der Waals surface area contributed by atoms with Gasteiger partial charge in [0.1, 0.15) is 6.10 Å². The fourth-order valence-electron chi connectivity index (χ4n) is 1.32. The minimum absolute atomic E-state index is 0.192. The van der Waals surface area contributed by atoms with Gasteiger partial charge in [-0.05, 0) is 12.1 Å². The standard InChI is InChI=1S/C10H10O3S2/c11-9-6-15(12,13)7-10(9)14-8-4-2-1-3-5-8/h1-5,7,9,11H,6H2/t9-/m1/s1. The minimum atomic E-state index is -3.20. The maximum Gasteiger partial charge on any atom is 0.175 e. The number of hydrogen-bond acceptors (Lipinski definition) is 4. The molecule has 0 spiro atoms. The van der Waals surface area contributed by atoms with Crippen LogP contribution in [0, 0.1) is 0 Å². The van der Waals surface area contributed by atoms with Crippen LogP contribution < -0.4 is 0 Å². The molecule has 2 rings (SSSR count). The van der Waals surface area contributed by atoms with Gasteiger partial charge in [0.15, 0.2) is 9.84 Å². The zero-order chi connectivity index (χ0) is 10.9. The van der Waals surface area contributed by atoms with E-state index in [-0.39, 0.29) is 5.75 Å². The Morgan fingerprint density at radius 2 is 1.93 bits per heavy atom. The lowest BCUT2D eigenvalue weighted by Crippen LogP contribution is -2.11. The molecule has 1 aromatic carbocycles. The zero-order valence-electron chi connectivity index (χ0n) is 7.83. The van der Waals surface area contributed by atoms with E-state index in [4.69, 9.17) is 0 Å². The molecule has 5 heteroatoms. The molecule has 1 N–H and O–H groups in total. The van der Waals surface area contributed by atoms with Crippen molar-refractivity contribution in [2.24, 2.45) is 0 Å². The molecule has 15 heavy (non-hydrogen) atoms. The van der Waals surface area contributed by atoms with Crippen molar-refractivity contribution >= 4 is 21.6 Å². The molecule has 0 bridgehead atoms. The Kier molecular flexibility index (Phi) is 2.86. The highest BCUT2D eigenvalue weighted by atomic mass is 32.2.